The molecule has 202 valence electrons. The monoisotopic (exact) mass is 613 g/mol. The topological polar surface area (TPSA) is 114 Å². The molecule has 0 bridgehead atoms. The van der Waals surface area contributed by atoms with E-state index in [2.05, 4.69) is 34.9 Å². The number of halogens is 1. The van der Waals surface area contributed by atoms with Gasteiger partial charge >= 0.3 is 7.82 Å². The van der Waals surface area contributed by atoms with Gasteiger partial charge in [0.15, 0.2) is 10.8 Å². The van der Waals surface area contributed by atoms with Crippen molar-refractivity contribution in [3.63, 3.8) is 0 Å². The van der Waals surface area contributed by atoms with Crippen molar-refractivity contribution in [2.24, 2.45) is 5.92 Å². The number of anilines is 1. The van der Waals surface area contributed by atoms with E-state index in [1.807, 2.05) is 10.6 Å². The third-order valence-electron chi connectivity index (χ3n) is 4.92. The van der Waals surface area contributed by atoms with Gasteiger partial charge in [-0.05, 0) is 19.3 Å². The molecule has 36 heavy (non-hydrogen) atoms. The number of fused-ring (bicyclic) bond motifs is 1. The summed E-state index contributed by atoms with van der Waals surface area (Å²) in [5, 5.41) is 0.228. The second-order valence-electron chi connectivity index (χ2n) is 7.84. The largest absolute Gasteiger partial charge is 0.474 e. The highest BCUT2D eigenvalue weighted by molar-refractivity contribution is 8.77. The SMILES string of the molecule is CCCSSCCOP(=O)(OCCSSCCC)OC[C@@H]1C=C[C@H](n2cnc3c(Cl)nc(N)nc32)C1. The highest BCUT2D eigenvalue weighted by Gasteiger charge is 2.30. The van der Waals surface area contributed by atoms with Crippen molar-refractivity contribution in [1.29, 1.82) is 0 Å². The summed E-state index contributed by atoms with van der Waals surface area (Å²) in [7, 11) is 3.31. The number of phosphoric acid groups is 1. The molecule has 0 spiro atoms. The Bertz CT molecular complexity index is 1010. The molecule has 3 rings (SSSR count). The number of allylic oxidation sites excluding steroid dienone is 1. The predicted octanol–water partition coefficient (Wildman–Crippen LogP) is 6.92. The number of rotatable bonds is 18. The van der Waals surface area contributed by atoms with Crippen LogP contribution in [0.1, 0.15) is 39.2 Å². The van der Waals surface area contributed by atoms with Crippen molar-refractivity contribution in [2.45, 2.75) is 39.2 Å². The summed E-state index contributed by atoms with van der Waals surface area (Å²) in [4.78, 5) is 12.6. The predicted molar refractivity (Wildman–Crippen MR) is 157 cm³/mol. The average Bonchev–Trinajstić information content (AvgIpc) is 3.49. The van der Waals surface area contributed by atoms with Crippen LogP contribution < -0.4 is 5.73 Å². The standard InChI is InChI=1S/C21H33ClN5O4PS4/c1-3-9-33-35-11-7-29-32(28,30-8-12-36-34-10-4-2)31-14-16-5-6-17(13-16)27-15-24-18-19(22)25-21(23)26-20(18)27/h5-6,15-17H,3-4,7-14H2,1-2H3,(H2,23,25,26)/t16-,17+/m1/s1. The van der Waals surface area contributed by atoms with Gasteiger partial charge in [0.25, 0.3) is 0 Å². The van der Waals surface area contributed by atoms with Gasteiger partial charge in [-0.1, -0.05) is 80.8 Å². The Labute approximate surface area is 233 Å². The Morgan fingerprint density at radius 2 is 1.67 bits per heavy atom. The Hall–Kier alpha value is -0.110. The van der Waals surface area contributed by atoms with Gasteiger partial charge in [0.1, 0.15) is 5.52 Å². The molecule has 1 aliphatic rings. The van der Waals surface area contributed by atoms with Crippen molar-refractivity contribution in [2.75, 3.05) is 48.6 Å². The fraction of sp³-hybridized carbons (Fsp3) is 0.667. The first-order valence-electron chi connectivity index (χ1n) is 11.8. The molecule has 0 fully saturated rings. The van der Waals surface area contributed by atoms with E-state index in [-0.39, 0.29) is 29.7 Å². The summed E-state index contributed by atoms with van der Waals surface area (Å²) in [5.41, 5.74) is 6.86. The number of hydrogen-bond acceptors (Lipinski definition) is 12. The molecule has 2 aromatic rings. The van der Waals surface area contributed by atoms with Crippen LogP contribution >= 0.6 is 62.6 Å². The van der Waals surface area contributed by atoms with E-state index in [1.165, 1.54) is 0 Å². The molecule has 2 atom stereocenters. The van der Waals surface area contributed by atoms with Crippen LogP contribution in [0, 0.1) is 5.92 Å². The minimum atomic E-state index is -3.67. The van der Waals surface area contributed by atoms with Gasteiger partial charge in [0, 0.05) is 28.9 Å². The lowest BCUT2D eigenvalue weighted by Crippen LogP contribution is -2.12. The van der Waals surface area contributed by atoms with Gasteiger partial charge in [0.2, 0.25) is 5.95 Å². The Morgan fingerprint density at radius 1 is 1.03 bits per heavy atom. The second kappa shape index (κ2) is 16.1. The van der Waals surface area contributed by atoms with Crippen LogP contribution in [0.15, 0.2) is 18.5 Å². The molecule has 2 aromatic heterocycles. The first-order chi connectivity index (χ1) is 17.5. The maximum Gasteiger partial charge on any atom is 0.474 e. The van der Waals surface area contributed by atoms with Gasteiger partial charge in [0.05, 0.1) is 32.2 Å². The third kappa shape index (κ3) is 9.57. The van der Waals surface area contributed by atoms with E-state index in [9.17, 15) is 4.57 Å². The zero-order valence-corrected chi connectivity index (χ0v) is 25.3. The van der Waals surface area contributed by atoms with Gasteiger partial charge in [-0.2, -0.15) is 9.97 Å². The van der Waals surface area contributed by atoms with Gasteiger partial charge in [-0.15, -0.1) is 0 Å². The van der Waals surface area contributed by atoms with Crippen LogP contribution in [-0.2, 0) is 18.1 Å². The number of nitrogens with two attached hydrogens (primary N) is 1. The lowest BCUT2D eigenvalue weighted by atomic mass is 10.1. The fourth-order valence-electron chi connectivity index (χ4n) is 3.29. The van der Waals surface area contributed by atoms with Crippen LogP contribution in [0.2, 0.25) is 5.15 Å². The van der Waals surface area contributed by atoms with Crippen LogP contribution in [0.25, 0.3) is 11.2 Å². The Kier molecular flexibility index (Phi) is 13.6. The zero-order valence-electron chi connectivity index (χ0n) is 20.4. The summed E-state index contributed by atoms with van der Waals surface area (Å²) >= 11 is 6.16. The number of nitrogen functional groups attached to an aromatic ring is 1. The quantitative estimate of drug-likeness (QED) is 0.0618. The van der Waals surface area contributed by atoms with Crippen LogP contribution in [0.5, 0.6) is 0 Å². The van der Waals surface area contributed by atoms with Gasteiger partial charge in [-0.3, -0.25) is 13.6 Å². The van der Waals surface area contributed by atoms with E-state index >= 15 is 0 Å². The maximum atomic E-state index is 13.3. The van der Waals surface area contributed by atoms with Crippen LogP contribution in [0.3, 0.4) is 0 Å². The van der Waals surface area contributed by atoms with E-state index < -0.39 is 7.82 Å². The lowest BCUT2D eigenvalue weighted by molar-refractivity contribution is 0.113. The molecule has 0 saturated heterocycles. The molecule has 0 unspecified atom stereocenters. The summed E-state index contributed by atoms with van der Waals surface area (Å²) < 4.78 is 32.3. The maximum absolute atomic E-state index is 13.3. The second-order valence-corrected chi connectivity index (χ2v) is 15.3. The Balaban J connectivity index is 1.52. The van der Waals surface area contributed by atoms with Crippen molar-refractivity contribution in [1.82, 2.24) is 19.5 Å². The lowest BCUT2D eigenvalue weighted by Gasteiger charge is -2.20. The number of aromatic nitrogens is 4. The van der Waals surface area contributed by atoms with E-state index in [1.54, 1.807) is 49.5 Å². The highest BCUT2D eigenvalue weighted by atomic mass is 35.5. The molecule has 15 heteroatoms. The zero-order chi connectivity index (χ0) is 25.8. The average molecular weight is 614 g/mol. The van der Waals surface area contributed by atoms with Crippen molar-refractivity contribution >= 4 is 79.7 Å². The normalized spacial score (nSPS) is 18.0. The number of nitrogens with zero attached hydrogens (tertiary/aromatic N) is 4. The Morgan fingerprint density at radius 3 is 2.31 bits per heavy atom. The summed E-state index contributed by atoms with van der Waals surface area (Å²) in [6.07, 6.45) is 8.74. The number of imidazole rings is 1. The smallest absolute Gasteiger partial charge is 0.368 e. The molecule has 0 aliphatic heterocycles. The molecule has 0 radical (unpaired) electrons. The molecular formula is C21H33ClN5O4PS4. The molecule has 0 amide bonds. The molecule has 2 N–H and O–H groups in total. The minimum Gasteiger partial charge on any atom is -0.368 e. The van der Waals surface area contributed by atoms with E-state index in [0.717, 1.165) is 42.3 Å². The molecule has 1 aliphatic carbocycles. The molecule has 0 saturated carbocycles. The molecule has 9 nitrogen and oxygen atoms in total. The number of hydrogen-bond donors (Lipinski definition) is 1. The fourth-order valence-corrected chi connectivity index (χ4v) is 8.91. The highest BCUT2D eigenvalue weighted by Crippen LogP contribution is 2.51. The summed E-state index contributed by atoms with van der Waals surface area (Å²) in [6, 6.07) is -0.00540. The number of phosphoric ester groups is 1. The first kappa shape index (κ1) is 30.4. The van der Waals surface area contributed by atoms with Gasteiger partial charge in [-0.25, -0.2) is 9.55 Å². The van der Waals surface area contributed by atoms with E-state index in [4.69, 9.17) is 30.9 Å². The van der Waals surface area contributed by atoms with E-state index in [0.29, 0.717) is 24.4 Å². The van der Waals surface area contributed by atoms with Crippen molar-refractivity contribution in [3.8, 4) is 0 Å². The molecule has 0 aromatic carbocycles. The first-order valence-corrected chi connectivity index (χ1v) is 18.6. The third-order valence-corrected chi connectivity index (χ3v) is 11.8. The summed E-state index contributed by atoms with van der Waals surface area (Å²) in [6.45, 7) is 5.13. The molecular weight excluding hydrogens is 581 g/mol. The molecule has 2 heterocycles. The van der Waals surface area contributed by atoms with Gasteiger partial charge < -0.3 is 10.3 Å². The van der Waals surface area contributed by atoms with Crippen LogP contribution in [0.4, 0.5) is 5.95 Å². The minimum absolute atomic E-state index is 0.00540. The van der Waals surface area contributed by atoms with Crippen molar-refractivity contribution < 1.29 is 18.1 Å². The summed E-state index contributed by atoms with van der Waals surface area (Å²) in [5.74, 6) is 3.72. The van der Waals surface area contributed by atoms with Crippen LogP contribution in [-0.4, -0.2) is 62.4 Å². The van der Waals surface area contributed by atoms with Crippen molar-refractivity contribution in [3.05, 3.63) is 23.6 Å².